The summed E-state index contributed by atoms with van der Waals surface area (Å²) in [5.41, 5.74) is 1.49. The van der Waals surface area contributed by atoms with Crippen LogP contribution < -0.4 is 5.32 Å². The molecule has 4 rings (SSSR count). The highest BCUT2D eigenvalue weighted by Crippen LogP contribution is 2.34. The van der Waals surface area contributed by atoms with Crippen molar-refractivity contribution in [2.75, 3.05) is 26.7 Å². The van der Waals surface area contributed by atoms with E-state index in [9.17, 15) is 0 Å². The number of nitrogens with zero attached hydrogens (tertiary/aromatic N) is 5. The second-order valence-corrected chi connectivity index (χ2v) is 8.64. The molecule has 0 amide bonds. The van der Waals surface area contributed by atoms with Crippen molar-refractivity contribution < 1.29 is 0 Å². The maximum absolute atomic E-state index is 4.59. The molecule has 2 atom stereocenters. The molecule has 1 N–H and O–H groups in total. The van der Waals surface area contributed by atoms with Crippen LogP contribution in [0, 0.1) is 5.92 Å². The van der Waals surface area contributed by atoms with Crippen molar-refractivity contribution >= 4 is 5.96 Å². The van der Waals surface area contributed by atoms with Gasteiger partial charge in [-0.25, -0.2) is 0 Å². The van der Waals surface area contributed by atoms with Crippen LogP contribution in [0.4, 0.5) is 0 Å². The monoisotopic (exact) mass is 408 g/mol. The number of benzene rings is 1. The van der Waals surface area contributed by atoms with Crippen molar-refractivity contribution in [3.05, 3.63) is 47.5 Å². The molecule has 2 aliphatic rings. The Hall–Kier alpha value is -2.37. The van der Waals surface area contributed by atoms with Gasteiger partial charge in [0.2, 0.25) is 0 Å². The molecule has 0 aliphatic carbocycles. The highest BCUT2D eigenvalue weighted by molar-refractivity contribution is 5.80. The Bertz CT molecular complexity index is 827. The molecule has 0 radical (unpaired) electrons. The summed E-state index contributed by atoms with van der Waals surface area (Å²) in [5.74, 6) is 4.62. The molecule has 2 unspecified atom stereocenters. The number of hydrogen-bond donors (Lipinski definition) is 1. The summed E-state index contributed by atoms with van der Waals surface area (Å²) in [6.45, 7) is 6.35. The van der Waals surface area contributed by atoms with Gasteiger partial charge in [-0.3, -0.25) is 4.99 Å². The van der Waals surface area contributed by atoms with E-state index in [4.69, 9.17) is 0 Å². The zero-order chi connectivity index (χ0) is 20.8. The molecule has 1 saturated heterocycles. The Morgan fingerprint density at radius 1 is 1.13 bits per heavy atom. The van der Waals surface area contributed by atoms with Crippen molar-refractivity contribution in [2.24, 2.45) is 10.9 Å². The molecule has 1 aromatic heterocycles. The van der Waals surface area contributed by atoms with Gasteiger partial charge < -0.3 is 14.8 Å². The van der Waals surface area contributed by atoms with Gasteiger partial charge in [-0.1, -0.05) is 50.1 Å². The number of aliphatic imine (C=N–C) groups is 1. The summed E-state index contributed by atoms with van der Waals surface area (Å²) < 4.78 is 2.34. The van der Waals surface area contributed by atoms with E-state index in [-0.39, 0.29) is 0 Å². The number of nitrogens with one attached hydrogen (secondary N) is 1. The third-order valence-corrected chi connectivity index (χ3v) is 6.82. The Morgan fingerprint density at radius 3 is 2.80 bits per heavy atom. The molecule has 30 heavy (non-hydrogen) atoms. The number of likely N-dealkylation sites (tertiary alicyclic amines) is 1. The molecular weight excluding hydrogens is 372 g/mol. The number of aryl methyl sites for hydroxylation is 1. The fraction of sp³-hybridized carbons (Fsp3) is 0.625. The van der Waals surface area contributed by atoms with Crippen LogP contribution in [0.1, 0.15) is 62.2 Å². The van der Waals surface area contributed by atoms with Crippen molar-refractivity contribution in [3.8, 4) is 0 Å². The average molecular weight is 409 g/mol. The van der Waals surface area contributed by atoms with Gasteiger partial charge in [-0.2, -0.15) is 0 Å². The second kappa shape index (κ2) is 10.1. The predicted octanol–water partition coefficient (Wildman–Crippen LogP) is 3.64. The van der Waals surface area contributed by atoms with E-state index in [1.807, 2.05) is 7.05 Å². The lowest BCUT2D eigenvalue weighted by Gasteiger charge is -2.40. The van der Waals surface area contributed by atoms with Crippen LogP contribution in [-0.4, -0.2) is 52.3 Å². The molecule has 2 aromatic rings. The number of aromatic nitrogens is 3. The molecule has 1 fully saturated rings. The molecule has 2 aliphatic heterocycles. The van der Waals surface area contributed by atoms with Crippen LogP contribution in [0.15, 0.2) is 35.3 Å². The van der Waals surface area contributed by atoms with Crippen molar-refractivity contribution in [2.45, 2.75) is 64.3 Å². The third-order valence-electron chi connectivity index (χ3n) is 6.82. The first-order chi connectivity index (χ1) is 14.8. The zero-order valence-corrected chi connectivity index (χ0v) is 18.6. The van der Waals surface area contributed by atoms with Gasteiger partial charge in [-0.05, 0) is 36.7 Å². The van der Waals surface area contributed by atoms with Crippen LogP contribution in [0.2, 0.25) is 0 Å². The molecule has 162 valence electrons. The Labute approximate surface area is 180 Å². The molecule has 6 nitrogen and oxygen atoms in total. The van der Waals surface area contributed by atoms with E-state index in [1.165, 1.54) is 43.5 Å². The first kappa shape index (κ1) is 20.9. The highest BCUT2D eigenvalue weighted by Gasteiger charge is 2.30. The fourth-order valence-electron chi connectivity index (χ4n) is 5.13. The van der Waals surface area contributed by atoms with E-state index in [1.54, 1.807) is 0 Å². The molecular formula is C24H36N6. The SMILES string of the molecule is CCC1CN(C(=NC)NCCc2nnc3n2CCCCC3)CCC1c1ccccc1. The van der Waals surface area contributed by atoms with E-state index in [2.05, 4.69) is 67.2 Å². The van der Waals surface area contributed by atoms with Gasteiger partial charge in [-0.15, -0.1) is 10.2 Å². The van der Waals surface area contributed by atoms with Crippen LogP contribution in [0.25, 0.3) is 0 Å². The van der Waals surface area contributed by atoms with Crippen LogP contribution in [0.3, 0.4) is 0 Å². The lowest BCUT2D eigenvalue weighted by atomic mass is 9.79. The largest absolute Gasteiger partial charge is 0.356 e. The first-order valence-electron chi connectivity index (χ1n) is 11.7. The van der Waals surface area contributed by atoms with Crippen LogP contribution in [0.5, 0.6) is 0 Å². The average Bonchev–Trinajstić information content (AvgIpc) is 3.02. The number of piperidine rings is 1. The van der Waals surface area contributed by atoms with E-state index >= 15 is 0 Å². The Kier molecular flexibility index (Phi) is 7.03. The summed E-state index contributed by atoms with van der Waals surface area (Å²) in [6, 6.07) is 11.0. The van der Waals surface area contributed by atoms with Gasteiger partial charge in [0.05, 0.1) is 0 Å². The topological polar surface area (TPSA) is 58.3 Å². The summed E-state index contributed by atoms with van der Waals surface area (Å²) in [6.07, 6.45) is 8.11. The quantitative estimate of drug-likeness (QED) is 0.606. The minimum atomic E-state index is 0.650. The highest BCUT2D eigenvalue weighted by atomic mass is 15.3. The minimum Gasteiger partial charge on any atom is -0.356 e. The van der Waals surface area contributed by atoms with Crippen molar-refractivity contribution in [1.82, 2.24) is 25.0 Å². The van der Waals surface area contributed by atoms with E-state index in [0.717, 1.165) is 50.8 Å². The number of hydrogen-bond acceptors (Lipinski definition) is 3. The van der Waals surface area contributed by atoms with Gasteiger partial charge in [0.15, 0.2) is 5.96 Å². The second-order valence-electron chi connectivity index (χ2n) is 8.64. The lowest BCUT2D eigenvalue weighted by Crippen LogP contribution is -2.48. The Balaban J connectivity index is 1.33. The van der Waals surface area contributed by atoms with E-state index < -0.39 is 0 Å². The van der Waals surface area contributed by atoms with Gasteiger partial charge >= 0.3 is 0 Å². The molecule has 6 heteroatoms. The number of guanidine groups is 1. The fourth-order valence-corrected chi connectivity index (χ4v) is 5.13. The molecule has 0 bridgehead atoms. The molecule has 1 aromatic carbocycles. The van der Waals surface area contributed by atoms with Gasteiger partial charge in [0.25, 0.3) is 0 Å². The summed E-state index contributed by atoms with van der Waals surface area (Å²) >= 11 is 0. The minimum absolute atomic E-state index is 0.650. The zero-order valence-electron chi connectivity index (χ0n) is 18.6. The normalized spacial score (nSPS) is 22.5. The smallest absolute Gasteiger partial charge is 0.193 e. The maximum atomic E-state index is 4.59. The standard InChI is InChI=1S/C24H36N6/c1-3-19-18-29(17-14-21(19)20-10-6-4-7-11-20)24(25-2)26-15-13-23-28-27-22-12-8-5-9-16-30(22)23/h4,6-7,10-11,19,21H,3,5,8-9,12-18H2,1-2H3,(H,25,26). The summed E-state index contributed by atoms with van der Waals surface area (Å²) in [5, 5.41) is 12.5. The summed E-state index contributed by atoms with van der Waals surface area (Å²) in [7, 11) is 1.90. The van der Waals surface area contributed by atoms with E-state index in [0.29, 0.717) is 11.8 Å². The van der Waals surface area contributed by atoms with Crippen molar-refractivity contribution in [1.29, 1.82) is 0 Å². The van der Waals surface area contributed by atoms with Gasteiger partial charge in [0.1, 0.15) is 11.6 Å². The predicted molar refractivity (Wildman–Crippen MR) is 122 cm³/mol. The first-order valence-corrected chi connectivity index (χ1v) is 11.7. The number of rotatable bonds is 5. The molecule has 0 spiro atoms. The van der Waals surface area contributed by atoms with Crippen LogP contribution in [-0.2, 0) is 19.4 Å². The Morgan fingerprint density at radius 2 is 2.00 bits per heavy atom. The third kappa shape index (κ3) is 4.68. The van der Waals surface area contributed by atoms with Crippen molar-refractivity contribution in [3.63, 3.8) is 0 Å². The maximum Gasteiger partial charge on any atom is 0.193 e. The van der Waals surface area contributed by atoms with Crippen LogP contribution >= 0.6 is 0 Å². The molecule has 3 heterocycles. The molecule has 0 saturated carbocycles. The van der Waals surface area contributed by atoms with Gasteiger partial charge in [0, 0.05) is 46.1 Å². The summed E-state index contributed by atoms with van der Waals surface area (Å²) in [4.78, 5) is 7.03. The number of fused-ring (bicyclic) bond motifs is 1. The lowest BCUT2D eigenvalue weighted by molar-refractivity contribution is 0.216.